The Balaban J connectivity index is 1.22. The summed E-state index contributed by atoms with van der Waals surface area (Å²) in [4.78, 5) is 5.22. The summed E-state index contributed by atoms with van der Waals surface area (Å²) in [5.74, 6) is 0. The molecule has 0 unspecified atom stereocenters. The maximum absolute atomic E-state index is 6.55. The maximum Gasteiger partial charge on any atom is 0.137 e. The second kappa shape index (κ2) is 11.5. The lowest BCUT2D eigenvalue weighted by Crippen LogP contribution is -1.93. The molecular weight excluding hydrogens is 609 g/mol. The smallest absolute Gasteiger partial charge is 0.137 e. The highest BCUT2D eigenvalue weighted by Gasteiger charge is 2.20. The van der Waals surface area contributed by atoms with Crippen LogP contribution in [0.3, 0.4) is 0 Å². The summed E-state index contributed by atoms with van der Waals surface area (Å²) >= 11 is 0. The highest BCUT2D eigenvalue weighted by Crippen LogP contribution is 2.42. The second-order valence-corrected chi connectivity index (χ2v) is 12.8. The van der Waals surface area contributed by atoms with Gasteiger partial charge in [0.15, 0.2) is 0 Å². The van der Waals surface area contributed by atoms with Gasteiger partial charge in [0.05, 0.1) is 27.8 Å². The van der Waals surface area contributed by atoms with Crippen molar-refractivity contribution >= 4 is 43.7 Å². The monoisotopic (exact) mass is 638 g/mol. The molecule has 3 nitrogen and oxygen atoms in total. The van der Waals surface area contributed by atoms with Gasteiger partial charge in [0.25, 0.3) is 0 Å². The van der Waals surface area contributed by atoms with Crippen LogP contribution in [0.25, 0.3) is 94.2 Å². The lowest BCUT2D eigenvalue weighted by Gasteiger charge is -2.12. The van der Waals surface area contributed by atoms with Crippen molar-refractivity contribution < 1.29 is 4.42 Å². The van der Waals surface area contributed by atoms with Gasteiger partial charge in [0.1, 0.15) is 11.2 Å². The van der Waals surface area contributed by atoms with Crippen LogP contribution in [-0.2, 0) is 0 Å². The van der Waals surface area contributed by atoms with Gasteiger partial charge in [-0.1, -0.05) is 121 Å². The van der Waals surface area contributed by atoms with Crippen molar-refractivity contribution in [2.45, 2.75) is 0 Å². The summed E-state index contributed by atoms with van der Waals surface area (Å²) in [7, 11) is 0. The minimum absolute atomic E-state index is 0.870. The second-order valence-electron chi connectivity index (χ2n) is 12.8. The van der Waals surface area contributed by atoms with Crippen LogP contribution in [0, 0.1) is 0 Å². The van der Waals surface area contributed by atoms with Crippen LogP contribution in [0.5, 0.6) is 0 Å². The first-order chi connectivity index (χ1) is 24.8. The number of aromatic nitrogens is 2. The molecule has 10 rings (SSSR count). The maximum atomic E-state index is 6.55. The molecule has 0 N–H and O–H groups in total. The highest BCUT2D eigenvalue weighted by atomic mass is 16.3. The van der Waals surface area contributed by atoms with Gasteiger partial charge < -0.3 is 8.98 Å². The summed E-state index contributed by atoms with van der Waals surface area (Å²) < 4.78 is 8.94. The fourth-order valence-corrected chi connectivity index (χ4v) is 7.43. The fourth-order valence-electron chi connectivity index (χ4n) is 7.43. The van der Waals surface area contributed by atoms with Crippen molar-refractivity contribution in [2.24, 2.45) is 0 Å². The molecule has 0 fully saturated rings. The minimum atomic E-state index is 0.870. The number of fused-ring (bicyclic) bond motifs is 7. The molecule has 0 aliphatic carbocycles. The van der Waals surface area contributed by atoms with Crippen molar-refractivity contribution in [3.05, 3.63) is 182 Å². The summed E-state index contributed by atoms with van der Waals surface area (Å²) in [5.41, 5.74) is 13.8. The molecule has 0 atom stereocenters. The lowest BCUT2D eigenvalue weighted by atomic mass is 9.97. The van der Waals surface area contributed by atoms with Crippen molar-refractivity contribution in [1.82, 2.24) is 9.55 Å². The van der Waals surface area contributed by atoms with E-state index >= 15 is 0 Å². The SMILES string of the molecule is c1ccc(-c2cccc(-c3cc(-c4ccc5oc6ccc7c8ccccc8n(-c8ccccc8)c7c6c5c4)cc(-c4ccccc4)n3)c2)cc1. The van der Waals surface area contributed by atoms with E-state index in [-0.39, 0.29) is 0 Å². The third-order valence-electron chi connectivity index (χ3n) is 9.78. The molecule has 0 aliphatic heterocycles. The number of rotatable bonds is 5. The molecule has 0 saturated carbocycles. The molecule has 0 saturated heterocycles. The van der Waals surface area contributed by atoms with Gasteiger partial charge in [-0.25, -0.2) is 4.98 Å². The van der Waals surface area contributed by atoms with Crippen LogP contribution in [0.15, 0.2) is 186 Å². The largest absolute Gasteiger partial charge is 0.456 e. The molecule has 234 valence electrons. The number of hydrogen-bond acceptors (Lipinski definition) is 2. The molecule has 3 heteroatoms. The van der Waals surface area contributed by atoms with Crippen LogP contribution < -0.4 is 0 Å². The van der Waals surface area contributed by atoms with Crippen molar-refractivity contribution in [1.29, 1.82) is 0 Å². The van der Waals surface area contributed by atoms with E-state index in [0.717, 1.165) is 66.8 Å². The van der Waals surface area contributed by atoms with E-state index in [1.165, 1.54) is 27.4 Å². The Labute approximate surface area is 289 Å². The third kappa shape index (κ3) is 4.63. The highest BCUT2D eigenvalue weighted by molar-refractivity contribution is 6.24. The molecule has 0 aliphatic rings. The van der Waals surface area contributed by atoms with E-state index in [1.54, 1.807) is 0 Å². The number of nitrogens with zero attached hydrogens (tertiary/aromatic N) is 2. The molecule has 3 heterocycles. The quantitative estimate of drug-likeness (QED) is 0.188. The molecular formula is C47H30N2O. The summed E-state index contributed by atoms with van der Waals surface area (Å²) in [6.45, 7) is 0. The van der Waals surface area contributed by atoms with Crippen LogP contribution >= 0.6 is 0 Å². The predicted molar refractivity (Wildman–Crippen MR) is 208 cm³/mol. The lowest BCUT2D eigenvalue weighted by molar-refractivity contribution is 0.669. The van der Waals surface area contributed by atoms with Gasteiger partial charge in [0, 0.05) is 33.0 Å². The van der Waals surface area contributed by atoms with Crippen molar-refractivity contribution in [3.8, 4) is 50.5 Å². The van der Waals surface area contributed by atoms with Gasteiger partial charge in [0.2, 0.25) is 0 Å². The van der Waals surface area contributed by atoms with Crippen LogP contribution in [0.4, 0.5) is 0 Å². The van der Waals surface area contributed by atoms with Gasteiger partial charge in [-0.05, 0) is 82.9 Å². The standard InChI is InChI=1S/C47H30N2O/c1-4-13-31(14-5-1)33-17-12-18-35(27-33)42-30-36(29-41(48-42)32-15-6-2-7-16-32)34-23-25-44-40(28-34)46-45(50-44)26-24-39-38-21-10-11-22-43(38)49(47(39)46)37-19-8-3-9-20-37/h1-30H. The summed E-state index contributed by atoms with van der Waals surface area (Å²) in [6, 6.07) is 64.2. The summed E-state index contributed by atoms with van der Waals surface area (Å²) in [5, 5.41) is 4.64. The zero-order valence-corrected chi connectivity index (χ0v) is 27.1. The van der Waals surface area contributed by atoms with Gasteiger partial charge in [-0.15, -0.1) is 0 Å². The Morgan fingerprint density at radius 1 is 0.380 bits per heavy atom. The van der Waals surface area contributed by atoms with Crippen LogP contribution in [0.2, 0.25) is 0 Å². The Morgan fingerprint density at radius 2 is 1.00 bits per heavy atom. The van der Waals surface area contributed by atoms with E-state index in [9.17, 15) is 0 Å². The van der Waals surface area contributed by atoms with E-state index in [4.69, 9.17) is 9.40 Å². The predicted octanol–water partition coefficient (Wildman–Crippen LogP) is 12.7. The number of benzene rings is 7. The zero-order valence-electron chi connectivity index (χ0n) is 27.1. The fraction of sp³-hybridized carbons (Fsp3) is 0. The van der Waals surface area contributed by atoms with Crippen molar-refractivity contribution in [2.75, 3.05) is 0 Å². The molecule has 0 amide bonds. The molecule has 0 radical (unpaired) electrons. The molecule has 7 aromatic carbocycles. The zero-order chi connectivity index (χ0) is 33.0. The first kappa shape index (κ1) is 28.3. The molecule has 50 heavy (non-hydrogen) atoms. The number of hydrogen-bond donors (Lipinski definition) is 0. The Hall–Kier alpha value is -6.71. The van der Waals surface area contributed by atoms with E-state index in [1.807, 2.05) is 6.07 Å². The Morgan fingerprint density at radius 3 is 1.80 bits per heavy atom. The van der Waals surface area contributed by atoms with E-state index in [2.05, 4.69) is 180 Å². The average molecular weight is 639 g/mol. The van der Waals surface area contributed by atoms with Crippen molar-refractivity contribution in [3.63, 3.8) is 0 Å². The Bertz CT molecular complexity index is 2850. The topological polar surface area (TPSA) is 31.0 Å². The average Bonchev–Trinajstić information content (AvgIpc) is 3.74. The number of furan rings is 1. The molecule has 10 aromatic rings. The minimum Gasteiger partial charge on any atom is -0.456 e. The van der Waals surface area contributed by atoms with Crippen LogP contribution in [0.1, 0.15) is 0 Å². The first-order valence-electron chi connectivity index (χ1n) is 17.0. The number of para-hydroxylation sites is 2. The third-order valence-corrected chi connectivity index (χ3v) is 9.78. The molecule has 0 bridgehead atoms. The van der Waals surface area contributed by atoms with E-state index < -0.39 is 0 Å². The van der Waals surface area contributed by atoms with Crippen LogP contribution in [-0.4, -0.2) is 9.55 Å². The summed E-state index contributed by atoms with van der Waals surface area (Å²) in [6.07, 6.45) is 0. The Kier molecular flexibility index (Phi) is 6.49. The van der Waals surface area contributed by atoms with E-state index in [0.29, 0.717) is 0 Å². The molecule has 3 aromatic heterocycles. The number of pyridine rings is 1. The van der Waals surface area contributed by atoms with Gasteiger partial charge in [-0.3, -0.25) is 0 Å². The first-order valence-corrected chi connectivity index (χ1v) is 17.0. The van der Waals surface area contributed by atoms with Gasteiger partial charge >= 0.3 is 0 Å². The molecule has 0 spiro atoms. The van der Waals surface area contributed by atoms with Gasteiger partial charge in [-0.2, -0.15) is 0 Å². The normalized spacial score (nSPS) is 11.6.